The standard InChI is InChI=1S/C23H26N2OS/c1-4-18-10-12-19(13-11-18)23(20-9-6-14-27-20)24-15-21(26)25-22-16(2)7-5-8-17(22)3/h5-14,23-24H,4,15H2,1-3H3,(H,25,26)/t23-/m0/s1. The summed E-state index contributed by atoms with van der Waals surface area (Å²) in [6, 6.07) is 18.8. The summed E-state index contributed by atoms with van der Waals surface area (Å²) in [5, 5.41) is 8.55. The van der Waals surface area contributed by atoms with Gasteiger partial charge in [0, 0.05) is 10.6 Å². The molecular weight excluding hydrogens is 352 g/mol. The molecule has 3 rings (SSSR count). The van der Waals surface area contributed by atoms with Crippen molar-refractivity contribution >= 4 is 22.9 Å². The van der Waals surface area contributed by atoms with Crippen LogP contribution in [0.4, 0.5) is 5.69 Å². The van der Waals surface area contributed by atoms with Crippen LogP contribution in [0.25, 0.3) is 0 Å². The summed E-state index contributed by atoms with van der Waals surface area (Å²) in [4.78, 5) is 13.8. The number of benzene rings is 2. The summed E-state index contributed by atoms with van der Waals surface area (Å²) in [5.41, 5.74) is 5.55. The Balaban J connectivity index is 1.72. The molecule has 0 saturated heterocycles. The number of hydrogen-bond acceptors (Lipinski definition) is 3. The van der Waals surface area contributed by atoms with E-state index in [1.807, 2.05) is 38.1 Å². The van der Waals surface area contributed by atoms with Crippen LogP contribution in [0.1, 0.15) is 40.1 Å². The molecule has 4 heteroatoms. The fourth-order valence-corrected chi connectivity index (χ4v) is 4.00. The highest BCUT2D eigenvalue weighted by Gasteiger charge is 2.16. The normalized spacial score (nSPS) is 12.0. The Bertz CT molecular complexity index is 865. The van der Waals surface area contributed by atoms with Crippen LogP contribution in [-0.2, 0) is 11.2 Å². The highest BCUT2D eigenvalue weighted by atomic mass is 32.1. The number of carbonyl (C=O) groups is 1. The lowest BCUT2D eigenvalue weighted by molar-refractivity contribution is -0.115. The molecule has 0 radical (unpaired) electrons. The Kier molecular flexibility index (Phi) is 6.43. The number of para-hydroxylation sites is 1. The van der Waals surface area contributed by atoms with E-state index in [4.69, 9.17) is 0 Å². The minimum Gasteiger partial charge on any atom is -0.324 e. The van der Waals surface area contributed by atoms with E-state index < -0.39 is 0 Å². The van der Waals surface area contributed by atoms with Crippen molar-refractivity contribution in [2.24, 2.45) is 0 Å². The minimum absolute atomic E-state index is 0.0135. The van der Waals surface area contributed by atoms with Gasteiger partial charge in [0.25, 0.3) is 0 Å². The third-order valence-corrected chi connectivity index (χ3v) is 5.70. The zero-order valence-electron chi connectivity index (χ0n) is 16.1. The second-order valence-electron chi connectivity index (χ2n) is 6.74. The quantitative estimate of drug-likeness (QED) is 0.590. The van der Waals surface area contributed by atoms with Crippen molar-refractivity contribution in [3.63, 3.8) is 0 Å². The molecule has 0 spiro atoms. The zero-order valence-corrected chi connectivity index (χ0v) is 16.9. The first-order chi connectivity index (χ1) is 13.1. The maximum atomic E-state index is 12.6. The van der Waals surface area contributed by atoms with Gasteiger partial charge in [-0.1, -0.05) is 55.5 Å². The number of thiophene rings is 1. The number of hydrogen-bond donors (Lipinski definition) is 2. The maximum absolute atomic E-state index is 12.6. The molecule has 0 unspecified atom stereocenters. The molecule has 0 saturated carbocycles. The van der Waals surface area contributed by atoms with E-state index in [9.17, 15) is 4.79 Å². The van der Waals surface area contributed by atoms with Crippen LogP contribution in [0.2, 0.25) is 0 Å². The number of amides is 1. The summed E-state index contributed by atoms with van der Waals surface area (Å²) in [5.74, 6) is -0.0286. The molecule has 0 bridgehead atoms. The second-order valence-corrected chi connectivity index (χ2v) is 7.72. The lowest BCUT2D eigenvalue weighted by atomic mass is 10.0. The minimum atomic E-state index is -0.0286. The van der Waals surface area contributed by atoms with E-state index in [-0.39, 0.29) is 18.5 Å². The molecule has 2 N–H and O–H groups in total. The predicted molar refractivity (Wildman–Crippen MR) is 115 cm³/mol. The van der Waals surface area contributed by atoms with Crippen molar-refractivity contribution in [1.82, 2.24) is 5.32 Å². The topological polar surface area (TPSA) is 41.1 Å². The average Bonchev–Trinajstić information content (AvgIpc) is 3.20. The lowest BCUT2D eigenvalue weighted by Crippen LogP contribution is -2.32. The van der Waals surface area contributed by atoms with Crippen molar-refractivity contribution < 1.29 is 4.79 Å². The molecule has 0 aliphatic heterocycles. The van der Waals surface area contributed by atoms with E-state index in [1.54, 1.807) is 11.3 Å². The number of nitrogens with one attached hydrogen (secondary N) is 2. The van der Waals surface area contributed by atoms with Gasteiger partial charge < -0.3 is 5.32 Å². The highest BCUT2D eigenvalue weighted by Crippen LogP contribution is 2.26. The van der Waals surface area contributed by atoms with Gasteiger partial charge in [-0.15, -0.1) is 11.3 Å². The molecule has 0 aliphatic rings. The van der Waals surface area contributed by atoms with E-state index in [0.29, 0.717) is 0 Å². The zero-order chi connectivity index (χ0) is 19.2. The molecule has 0 aliphatic carbocycles. The van der Waals surface area contributed by atoms with Crippen molar-refractivity contribution in [1.29, 1.82) is 0 Å². The number of rotatable bonds is 7. The van der Waals surface area contributed by atoms with Gasteiger partial charge in [-0.25, -0.2) is 0 Å². The van der Waals surface area contributed by atoms with Crippen LogP contribution < -0.4 is 10.6 Å². The Morgan fingerprint density at radius 1 is 1.00 bits per heavy atom. The van der Waals surface area contributed by atoms with Crippen molar-refractivity contribution in [3.05, 3.63) is 87.1 Å². The van der Waals surface area contributed by atoms with Gasteiger partial charge in [0.15, 0.2) is 0 Å². The molecular formula is C23H26N2OS. The van der Waals surface area contributed by atoms with Gasteiger partial charge in [-0.05, 0) is 54.0 Å². The van der Waals surface area contributed by atoms with Crippen LogP contribution in [0.3, 0.4) is 0 Å². The van der Waals surface area contributed by atoms with Crippen molar-refractivity contribution in [2.45, 2.75) is 33.2 Å². The van der Waals surface area contributed by atoms with Crippen LogP contribution in [0.5, 0.6) is 0 Å². The van der Waals surface area contributed by atoms with E-state index >= 15 is 0 Å². The number of aryl methyl sites for hydroxylation is 3. The largest absolute Gasteiger partial charge is 0.324 e. The van der Waals surface area contributed by atoms with Gasteiger partial charge >= 0.3 is 0 Å². The van der Waals surface area contributed by atoms with Gasteiger partial charge in [0.05, 0.1) is 12.6 Å². The summed E-state index contributed by atoms with van der Waals surface area (Å²) in [7, 11) is 0. The first-order valence-corrected chi connectivity index (χ1v) is 10.2. The molecule has 3 nitrogen and oxygen atoms in total. The smallest absolute Gasteiger partial charge is 0.238 e. The Morgan fingerprint density at radius 3 is 2.30 bits per heavy atom. The highest BCUT2D eigenvalue weighted by molar-refractivity contribution is 7.10. The summed E-state index contributed by atoms with van der Waals surface area (Å²) < 4.78 is 0. The fourth-order valence-electron chi connectivity index (χ4n) is 3.17. The third kappa shape index (κ3) is 4.85. The molecule has 2 aromatic carbocycles. The number of carbonyl (C=O) groups excluding carboxylic acids is 1. The Hall–Kier alpha value is -2.43. The molecule has 27 heavy (non-hydrogen) atoms. The van der Waals surface area contributed by atoms with Gasteiger partial charge in [0.1, 0.15) is 0 Å². The summed E-state index contributed by atoms with van der Waals surface area (Å²) in [6.45, 7) is 6.44. The molecule has 1 amide bonds. The predicted octanol–water partition coefficient (Wildman–Crippen LogP) is 5.25. The number of anilines is 1. The Morgan fingerprint density at radius 2 is 1.70 bits per heavy atom. The van der Waals surface area contributed by atoms with Crippen molar-refractivity contribution in [2.75, 3.05) is 11.9 Å². The molecule has 0 fully saturated rings. The van der Waals surface area contributed by atoms with Crippen LogP contribution in [-0.4, -0.2) is 12.5 Å². The summed E-state index contributed by atoms with van der Waals surface area (Å²) >= 11 is 1.70. The first-order valence-electron chi connectivity index (χ1n) is 9.30. The van der Waals surface area contributed by atoms with Gasteiger partial charge in [-0.3, -0.25) is 10.1 Å². The maximum Gasteiger partial charge on any atom is 0.238 e. The SMILES string of the molecule is CCc1ccc([C@H](NCC(=O)Nc2c(C)cccc2C)c2cccs2)cc1. The first kappa shape index (κ1) is 19.3. The summed E-state index contributed by atoms with van der Waals surface area (Å²) in [6.07, 6.45) is 1.02. The second kappa shape index (κ2) is 8.98. The Labute approximate surface area is 165 Å². The van der Waals surface area contributed by atoms with Crippen LogP contribution in [0, 0.1) is 13.8 Å². The fraction of sp³-hybridized carbons (Fsp3) is 0.261. The van der Waals surface area contributed by atoms with Gasteiger partial charge in [-0.2, -0.15) is 0 Å². The average molecular weight is 379 g/mol. The van der Waals surface area contributed by atoms with E-state index in [0.717, 1.165) is 23.2 Å². The van der Waals surface area contributed by atoms with E-state index in [1.165, 1.54) is 16.0 Å². The monoisotopic (exact) mass is 378 g/mol. The van der Waals surface area contributed by atoms with E-state index in [2.05, 4.69) is 53.3 Å². The van der Waals surface area contributed by atoms with Gasteiger partial charge in [0.2, 0.25) is 5.91 Å². The molecule has 3 aromatic rings. The third-order valence-electron chi connectivity index (χ3n) is 4.76. The van der Waals surface area contributed by atoms with Crippen molar-refractivity contribution in [3.8, 4) is 0 Å². The lowest BCUT2D eigenvalue weighted by Gasteiger charge is -2.19. The molecule has 1 atom stereocenters. The molecule has 1 aromatic heterocycles. The van der Waals surface area contributed by atoms with Crippen LogP contribution in [0.15, 0.2) is 60.0 Å². The molecule has 1 heterocycles. The van der Waals surface area contributed by atoms with Crippen LogP contribution >= 0.6 is 11.3 Å². The molecule has 140 valence electrons.